The van der Waals surface area contributed by atoms with Gasteiger partial charge in [-0.3, -0.25) is 9.59 Å². The first-order valence-corrected chi connectivity index (χ1v) is 9.62. The summed E-state index contributed by atoms with van der Waals surface area (Å²) in [4.78, 5) is 26.7. The van der Waals surface area contributed by atoms with E-state index < -0.39 is 0 Å². The Hall–Kier alpha value is -1.95. The van der Waals surface area contributed by atoms with Crippen LogP contribution in [0.5, 0.6) is 0 Å². The lowest BCUT2D eigenvalue weighted by molar-refractivity contribution is -0.137. The van der Waals surface area contributed by atoms with Crippen LogP contribution < -0.4 is 10.6 Å². The zero-order chi connectivity index (χ0) is 18.5. The molecule has 1 heterocycles. The molecule has 3 atom stereocenters. The normalized spacial score (nSPS) is 24.8. The van der Waals surface area contributed by atoms with Gasteiger partial charge in [-0.15, -0.1) is 0 Å². The van der Waals surface area contributed by atoms with Crippen molar-refractivity contribution in [3.63, 3.8) is 0 Å². The Morgan fingerprint density at radius 2 is 1.96 bits per heavy atom. The SMILES string of the molecule is CCN(CC(=O)NCc1ccc(F)cc1)C(=O)C1CC2CCCCC2N1. The highest BCUT2D eigenvalue weighted by molar-refractivity contribution is 5.87. The van der Waals surface area contributed by atoms with E-state index in [1.165, 1.54) is 31.4 Å². The van der Waals surface area contributed by atoms with E-state index in [0.717, 1.165) is 18.4 Å². The van der Waals surface area contributed by atoms with E-state index in [2.05, 4.69) is 10.6 Å². The molecule has 26 heavy (non-hydrogen) atoms. The number of nitrogens with zero attached hydrogens (tertiary/aromatic N) is 1. The molecule has 1 aromatic carbocycles. The molecular weight excluding hydrogens is 333 g/mol. The summed E-state index contributed by atoms with van der Waals surface area (Å²) in [6.07, 6.45) is 5.73. The van der Waals surface area contributed by atoms with Gasteiger partial charge < -0.3 is 15.5 Å². The molecule has 2 amide bonds. The third kappa shape index (κ3) is 4.61. The molecule has 6 heteroatoms. The molecule has 1 saturated carbocycles. The monoisotopic (exact) mass is 361 g/mol. The maximum Gasteiger partial charge on any atom is 0.240 e. The average Bonchev–Trinajstić information content (AvgIpc) is 3.09. The topological polar surface area (TPSA) is 61.4 Å². The zero-order valence-electron chi connectivity index (χ0n) is 15.3. The van der Waals surface area contributed by atoms with Gasteiger partial charge in [0.1, 0.15) is 5.82 Å². The van der Waals surface area contributed by atoms with Crippen LogP contribution in [0, 0.1) is 11.7 Å². The Kier molecular flexibility index (Phi) is 6.25. The number of halogens is 1. The van der Waals surface area contributed by atoms with Gasteiger partial charge in [0.2, 0.25) is 11.8 Å². The fourth-order valence-corrected chi connectivity index (χ4v) is 4.11. The largest absolute Gasteiger partial charge is 0.350 e. The minimum Gasteiger partial charge on any atom is -0.350 e. The highest BCUT2D eigenvalue weighted by Gasteiger charge is 2.39. The molecule has 2 fully saturated rings. The molecule has 2 aliphatic rings. The van der Waals surface area contributed by atoms with Gasteiger partial charge >= 0.3 is 0 Å². The van der Waals surface area contributed by atoms with E-state index in [-0.39, 0.29) is 30.2 Å². The van der Waals surface area contributed by atoms with E-state index in [9.17, 15) is 14.0 Å². The predicted molar refractivity (Wildman–Crippen MR) is 97.8 cm³/mol. The van der Waals surface area contributed by atoms with Gasteiger partial charge in [-0.2, -0.15) is 0 Å². The van der Waals surface area contributed by atoms with Crippen molar-refractivity contribution >= 4 is 11.8 Å². The molecule has 1 aromatic rings. The van der Waals surface area contributed by atoms with Gasteiger partial charge in [-0.1, -0.05) is 25.0 Å². The first-order valence-electron chi connectivity index (χ1n) is 9.62. The fourth-order valence-electron chi connectivity index (χ4n) is 4.11. The lowest BCUT2D eigenvalue weighted by atomic mass is 9.85. The van der Waals surface area contributed by atoms with Crippen LogP contribution in [0.4, 0.5) is 4.39 Å². The summed E-state index contributed by atoms with van der Waals surface area (Å²) in [6.45, 7) is 2.80. The van der Waals surface area contributed by atoms with Crippen LogP contribution in [0.15, 0.2) is 24.3 Å². The molecule has 0 spiro atoms. The van der Waals surface area contributed by atoms with Crippen molar-refractivity contribution < 1.29 is 14.0 Å². The number of hydrogen-bond donors (Lipinski definition) is 2. The lowest BCUT2D eigenvalue weighted by Crippen LogP contribution is -2.48. The average molecular weight is 361 g/mol. The first-order chi connectivity index (χ1) is 12.6. The fraction of sp³-hybridized carbons (Fsp3) is 0.600. The van der Waals surface area contributed by atoms with Crippen LogP contribution in [0.25, 0.3) is 0 Å². The lowest BCUT2D eigenvalue weighted by Gasteiger charge is -2.25. The second kappa shape index (κ2) is 8.62. The summed E-state index contributed by atoms with van der Waals surface area (Å²) in [5.41, 5.74) is 0.829. The van der Waals surface area contributed by atoms with Crippen LogP contribution in [0.2, 0.25) is 0 Å². The first kappa shape index (κ1) is 18.8. The summed E-state index contributed by atoms with van der Waals surface area (Å²) >= 11 is 0. The molecule has 3 unspecified atom stereocenters. The molecule has 1 aliphatic carbocycles. The van der Waals surface area contributed by atoms with Gasteiger partial charge in [0.05, 0.1) is 12.6 Å². The van der Waals surface area contributed by atoms with Crippen molar-refractivity contribution in [3.8, 4) is 0 Å². The third-order valence-electron chi connectivity index (χ3n) is 5.59. The van der Waals surface area contributed by atoms with Crippen LogP contribution in [-0.2, 0) is 16.1 Å². The van der Waals surface area contributed by atoms with Crippen molar-refractivity contribution in [1.29, 1.82) is 0 Å². The number of amides is 2. The maximum atomic E-state index is 12.9. The smallest absolute Gasteiger partial charge is 0.240 e. The molecule has 1 saturated heterocycles. The second-order valence-electron chi connectivity index (χ2n) is 7.36. The summed E-state index contributed by atoms with van der Waals surface area (Å²) < 4.78 is 12.9. The minimum atomic E-state index is -0.299. The van der Waals surface area contributed by atoms with E-state index in [4.69, 9.17) is 0 Å². The highest BCUT2D eigenvalue weighted by atomic mass is 19.1. The molecule has 5 nitrogen and oxygen atoms in total. The molecule has 3 rings (SSSR count). The standard InChI is InChI=1S/C20H28FN3O2/c1-2-24(13-19(25)22-12-14-7-9-16(21)10-8-14)20(26)18-11-15-5-3-4-6-17(15)23-18/h7-10,15,17-18,23H,2-6,11-13H2,1H3,(H,22,25). The van der Waals surface area contributed by atoms with Crippen LogP contribution >= 0.6 is 0 Å². The van der Waals surface area contributed by atoms with Crippen LogP contribution in [0.1, 0.15) is 44.6 Å². The Bertz CT molecular complexity index is 620. The maximum absolute atomic E-state index is 12.9. The van der Waals surface area contributed by atoms with Crippen molar-refractivity contribution in [2.45, 2.75) is 57.7 Å². The molecule has 1 aliphatic heterocycles. The summed E-state index contributed by atoms with van der Waals surface area (Å²) in [6, 6.07) is 6.32. The number of likely N-dealkylation sites (N-methyl/N-ethyl adjacent to an activating group) is 1. The number of benzene rings is 1. The van der Waals surface area contributed by atoms with E-state index in [1.54, 1.807) is 17.0 Å². The zero-order valence-corrected chi connectivity index (χ0v) is 15.3. The number of rotatable bonds is 6. The predicted octanol–water partition coefficient (Wildman–Crippen LogP) is 2.21. The second-order valence-corrected chi connectivity index (χ2v) is 7.36. The molecular formula is C20H28FN3O2. The van der Waals surface area contributed by atoms with Gasteiger partial charge in [0.25, 0.3) is 0 Å². The van der Waals surface area contributed by atoms with Crippen molar-refractivity contribution in [2.75, 3.05) is 13.1 Å². The molecule has 2 N–H and O–H groups in total. The summed E-state index contributed by atoms with van der Waals surface area (Å²) in [5.74, 6) is 0.134. The van der Waals surface area contributed by atoms with Gasteiger partial charge in [-0.05, 0) is 49.8 Å². The van der Waals surface area contributed by atoms with Crippen molar-refractivity contribution in [1.82, 2.24) is 15.5 Å². The number of carbonyl (C=O) groups is 2. The van der Waals surface area contributed by atoms with Crippen LogP contribution in [0.3, 0.4) is 0 Å². The number of carbonyl (C=O) groups excluding carboxylic acids is 2. The summed E-state index contributed by atoms with van der Waals surface area (Å²) in [5, 5.41) is 6.29. The Labute approximate surface area is 154 Å². The molecule has 0 bridgehead atoms. The molecule has 0 radical (unpaired) electrons. The van der Waals surface area contributed by atoms with E-state index in [0.29, 0.717) is 25.0 Å². The number of fused-ring (bicyclic) bond motifs is 1. The Morgan fingerprint density at radius 3 is 2.65 bits per heavy atom. The van der Waals surface area contributed by atoms with E-state index >= 15 is 0 Å². The third-order valence-corrected chi connectivity index (χ3v) is 5.59. The molecule has 142 valence electrons. The molecule has 0 aromatic heterocycles. The highest BCUT2D eigenvalue weighted by Crippen LogP contribution is 2.33. The Morgan fingerprint density at radius 1 is 1.23 bits per heavy atom. The van der Waals surface area contributed by atoms with Gasteiger partial charge in [0.15, 0.2) is 0 Å². The van der Waals surface area contributed by atoms with E-state index in [1.807, 2.05) is 6.92 Å². The van der Waals surface area contributed by atoms with Crippen molar-refractivity contribution in [2.24, 2.45) is 5.92 Å². The Balaban J connectivity index is 1.49. The number of hydrogen-bond acceptors (Lipinski definition) is 3. The van der Waals surface area contributed by atoms with Crippen LogP contribution in [-0.4, -0.2) is 41.9 Å². The van der Waals surface area contributed by atoms with Crippen molar-refractivity contribution in [3.05, 3.63) is 35.6 Å². The van der Waals surface area contributed by atoms with Gasteiger partial charge in [-0.25, -0.2) is 4.39 Å². The number of nitrogens with one attached hydrogen (secondary N) is 2. The van der Waals surface area contributed by atoms with Gasteiger partial charge in [0, 0.05) is 19.1 Å². The minimum absolute atomic E-state index is 0.0267. The quantitative estimate of drug-likeness (QED) is 0.817. The summed E-state index contributed by atoms with van der Waals surface area (Å²) in [7, 11) is 0.